The summed E-state index contributed by atoms with van der Waals surface area (Å²) in [5.74, 6) is 1.14. The second-order valence-electron chi connectivity index (χ2n) is 7.99. The van der Waals surface area contributed by atoms with E-state index in [1.165, 1.54) is 5.57 Å². The number of ether oxygens (including phenoxy) is 2. The van der Waals surface area contributed by atoms with Gasteiger partial charge in [-0.1, -0.05) is 25.7 Å². The number of hydrogen-bond acceptors (Lipinski definition) is 3. The van der Waals surface area contributed by atoms with Gasteiger partial charge in [-0.05, 0) is 75.2 Å². The van der Waals surface area contributed by atoms with Crippen molar-refractivity contribution in [1.82, 2.24) is 0 Å². The average molecular weight is 320 g/mol. The van der Waals surface area contributed by atoms with Gasteiger partial charge in [0.1, 0.15) is 5.60 Å². The molecule has 2 saturated carbocycles. The molecule has 0 aromatic rings. The zero-order valence-corrected chi connectivity index (χ0v) is 14.7. The second kappa shape index (κ2) is 6.70. The van der Waals surface area contributed by atoms with E-state index in [1.807, 2.05) is 0 Å². The summed E-state index contributed by atoms with van der Waals surface area (Å²) in [5, 5.41) is 11.6. The Kier molecular flexibility index (Phi) is 5.01. The molecule has 1 N–H and O–H groups in total. The molecule has 3 nitrogen and oxygen atoms in total. The molecule has 0 aromatic carbocycles. The van der Waals surface area contributed by atoms with E-state index >= 15 is 0 Å². The van der Waals surface area contributed by atoms with Gasteiger partial charge in [-0.25, -0.2) is 0 Å². The average Bonchev–Trinajstić information content (AvgIpc) is 2.67. The van der Waals surface area contributed by atoms with Gasteiger partial charge >= 0.3 is 0 Å². The lowest BCUT2D eigenvalue weighted by Crippen LogP contribution is -2.48. The van der Waals surface area contributed by atoms with Crippen LogP contribution in [0.5, 0.6) is 0 Å². The highest BCUT2D eigenvalue weighted by Crippen LogP contribution is 2.53. The van der Waals surface area contributed by atoms with Crippen LogP contribution < -0.4 is 0 Å². The Balaban J connectivity index is 1.80. The minimum atomic E-state index is -0.898. The van der Waals surface area contributed by atoms with Gasteiger partial charge in [-0.2, -0.15) is 0 Å². The van der Waals surface area contributed by atoms with Crippen molar-refractivity contribution in [2.75, 3.05) is 6.61 Å². The third-order valence-electron chi connectivity index (χ3n) is 6.38. The van der Waals surface area contributed by atoms with Gasteiger partial charge < -0.3 is 14.6 Å². The summed E-state index contributed by atoms with van der Waals surface area (Å²) in [4.78, 5) is 0. The maximum Gasteiger partial charge on any atom is 0.158 e. The van der Waals surface area contributed by atoms with Gasteiger partial charge in [0.15, 0.2) is 6.29 Å². The third kappa shape index (κ3) is 3.16. The van der Waals surface area contributed by atoms with Crippen LogP contribution in [0.1, 0.15) is 58.8 Å². The molecule has 0 aromatic heterocycles. The predicted octanol–water partition coefficient (Wildman–Crippen LogP) is 4.22. The number of hydrogen-bond donors (Lipinski definition) is 1. The van der Waals surface area contributed by atoms with Gasteiger partial charge in [0, 0.05) is 6.61 Å². The lowest BCUT2D eigenvalue weighted by atomic mass is 9.77. The standard InChI is InChI=1S/C20H32O3/c1-13(2)16-9-8-15(4)20(21)17(12-16)14(3)11-18(20)23-19-7-5-6-10-22-19/h14,16-19,21H,1,4-12H2,2-3H3/t14-,16+,17-,18?,19?,20?/m0/s1. The van der Waals surface area contributed by atoms with Gasteiger partial charge in [0.05, 0.1) is 6.10 Å². The topological polar surface area (TPSA) is 38.7 Å². The number of rotatable bonds is 3. The zero-order valence-electron chi connectivity index (χ0n) is 14.7. The first-order valence-electron chi connectivity index (χ1n) is 9.26. The molecule has 23 heavy (non-hydrogen) atoms. The van der Waals surface area contributed by atoms with E-state index in [-0.39, 0.29) is 18.3 Å². The molecule has 3 unspecified atom stereocenters. The first-order chi connectivity index (χ1) is 10.9. The zero-order chi connectivity index (χ0) is 16.6. The maximum absolute atomic E-state index is 11.6. The third-order valence-corrected chi connectivity index (χ3v) is 6.38. The minimum Gasteiger partial charge on any atom is -0.382 e. The first-order valence-corrected chi connectivity index (χ1v) is 9.26. The van der Waals surface area contributed by atoms with Crippen molar-refractivity contribution >= 4 is 0 Å². The van der Waals surface area contributed by atoms with E-state index in [0.29, 0.717) is 11.8 Å². The summed E-state index contributed by atoms with van der Waals surface area (Å²) in [6, 6.07) is 0. The Bertz CT molecular complexity index is 466. The molecule has 3 heteroatoms. The highest BCUT2D eigenvalue weighted by Gasteiger charge is 2.56. The molecule has 0 amide bonds. The van der Waals surface area contributed by atoms with Crippen molar-refractivity contribution in [3.05, 3.63) is 24.3 Å². The van der Waals surface area contributed by atoms with Crippen molar-refractivity contribution in [2.24, 2.45) is 17.8 Å². The van der Waals surface area contributed by atoms with E-state index < -0.39 is 5.60 Å². The number of aliphatic hydroxyl groups is 1. The minimum absolute atomic E-state index is 0.156. The Labute approximate surface area is 140 Å². The highest BCUT2D eigenvalue weighted by atomic mass is 16.7. The van der Waals surface area contributed by atoms with Crippen LogP contribution in [-0.2, 0) is 9.47 Å². The van der Waals surface area contributed by atoms with Crippen LogP contribution in [0.2, 0.25) is 0 Å². The van der Waals surface area contributed by atoms with Gasteiger partial charge in [0.25, 0.3) is 0 Å². The van der Waals surface area contributed by atoms with Crippen LogP contribution in [0.4, 0.5) is 0 Å². The maximum atomic E-state index is 11.6. The Morgan fingerprint density at radius 3 is 2.74 bits per heavy atom. The fraction of sp³-hybridized carbons (Fsp3) is 0.800. The van der Waals surface area contributed by atoms with Crippen LogP contribution in [-0.4, -0.2) is 29.7 Å². The molecule has 1 heterocycles. The Hall–Kier alpha value is -0.640. The summed E-state index contributed by atoms with van der Waals surface area (Å²) in [5.41, 5.74) is 1.29. The normalized spacial score (nSPS) is 44.7. The number of fused-ring (bicyclic) bond motifs is 1. The molecule has 0 spiro atoms. The molecule has 2 aliphatic carbocycles. The lowest BCUT2D eigenvalue weighted by Gasteiger charge is -2.38. The molecular weight excluding hydrogens is 288 g/mol. The summed E-state index contributed by atoms with van der Waals surface area (Å²) < 4.78 is 12.0. The van der Waals surface area contributed by atoms with Crippen LogP contribution in [0, 0.1) is 17.8 Å². The van der Waals surface area contributed by atoms with Gasteiger partial charge in [0.2, 0.25) is 0 Å². The summed E-state index contributed by atoms with van der Waals surface area (Å²) >= 11 is 0. The summed E-state index contributed by atoms with van der Waals surface area (Å²) in [7, 11) is 0. The van der Waals surface area contributed by atoms with Crippen LogP contribution in [0.15, 0.2) is 24.3 Å². The Morgan fingerprint density at radius 2 is 2.09 bits per heavy atom. The van der Waals surface area contributed by atoms with Crippen LogP contribution in [0.3, 0.4) is 0 Å². The number of allylic oxidation sites excluding steroid dienone is 1. The molecule has 3 rings (SSSR count). The molecule has 0 bridgehead atoms. The molecule has 1 aliphatic heterocycles. The van der Waals surface area contributed by atoms with E-state index in [2.05, 4.69) is 27.0 Å². The van der Waals surface area contributed by atoms with Crippen LogP contribution in [0.25, 0.3) is 0 Å². The quantitative estimate of drug-likeness (QED) is 0.791. The van der Waals surface area contributed by atoms with Crippen LogP contribution >= 0.6 is 0 Å². The molecule has 3 fully saturated rings. The van der Waals surface area contributed by atoms with E-state index in [0.717, 1.165) is 57.1 Å². The molecular formula is C20H32O3. The molecule has 1 saturated heterocycles. The first kappa shape index (κ1) is 17.2. The summed E-state index contributed by atoms with van der Waals surface area (Å²) in [6.45, 7) is 13.5. The molecule has 3 aliphatic rings. The van der Waals surface area contributed by atoms with Gasteiger partial charge in [-0.3, -0.25) is 0 Å². The van der Waals surface area contributed by atoms with Crippen molar-refractivity contribution in [3.8, 4) is 0 Å². The predicted molar refractivity (Wildman–Crippen MR) is 92.0 cm³/mol. The Morgan fingerprint density at radius 1 is 1.30 bits per heavy atom. The van der Waals surface area contributed by atoms with Crippen molar-refractivity contribution < 1.29 is 14.6 Å². The smallest absolute Gasteiger partial charge is 0.158 e. The SMILES string of the molecule is C=C(C)[C@@H]1CCC(=C)C2(O)C(OC3CCCCO3)C[C@H](C)[C@@H]2C1. The second-order valence-corrected chi connectivity index (χ2v) is 7.99. The van der Waals surface area contributed by atoms with Crippen molar-refractivity contribution in [3.63, 3.8) is 0 Å². The van der Waals surface area contributed by atoms with E-state index in [4.69, 9.17) is 9.47 Å². The fourth-order valence-corrected chi connectivity index (χ4v) is 4.84. The largest absolute Gasteiger partial charge is 0.382 e. The fourth-order valence-electron chi connectivity index (χ4n) is 4.84. The highest BCUT2D eigenvalue weighted by molar-refractivity contribution is 5.25. The molecule has 130 valence electrons. The van der Waals surface area contributed by atoms with E-state index in [1.54, 1.807) is 0 Å². The van der Waals surface area contributed by atoms with Gasteiger partial charge in [-0.15, -0.1) is 0 Å². The molecule has 6 atom stereocenters. The van der Waals surface area contributed by atoms with Crippen molar-refractivity contribution in [2.45, 2.75) is 76.8 Å². The van der Waals surface area contributed by atoms with E-state index in [9.17, 15) is 5.11 Å². The van der Waals surface area contributed by atoms with Crippen molar-refractivity contribution in [1.29, 1.82) is 0 Å². The monoisotopic (exact) mass is 320 g/mol. The molecule has 0 radical (unpaired) electrons. The summed E-state index contributed by atoms with van der Waals surface area (Å²) in [6.07, 6.45) is 6.66. The lowest BCUT2D eigenvalue weighted by molar-refractivity contribution is -0.218.